The first kappa shape index (κ1) is 10.2. The molecule has 3 nitrogen and oxygen atoms in total. The molecule has 0 aliphatic carbocycles. The van der Waals surface area contributed by atoms with Crippen LogP contribution in [0.3, 0.4) is 0 Å². The minimum atomic E-state index is -0.524. The lowest BCUT2D eigenvalue weighted by Crippen LogP contribution is -2.03. The van der Waals surface area contributed by atoms with Crippen molar-refractivity contribution in [2.24, 2.45) is 0 Å². The van der Waals surface area contributed by atoms with Gasteiger partial charge in [0.05, 0.1) is 23.6 Å². The first-order valence-electron chi connectivity index (χ1n) is 4.33. The summed E-state index contributed by atoms with van der Waals surface area (Å²) in [7, 11) is 1.64. The SMILES string of the molecule is CO[C@@H](C)c1cccc([C@H](C)O)n1. The van der Waals surface area contributed by atoms with E-state index in [2.05, 4.69) is 4.98 Å². The number of rotatable bonds is 3. The predicted octanol–water partition coefficient (Wildman–Crippen LogP) is 1.84. The summed E-state index contributed by atoms with van der Waals surface area (Å²) in [6.45, 7) is 3.62. The summed E-state index contributed by atoms with van der Waals surface area (Å²) in [6, 6.07) is 5.57. The van der Waals surface area contributed by atoms with Crippen LogP contribution < -0.4 is 0 Å². The van der Waals surface area contributed by atoms with Gasteiger partial charge >= 0.3 is 0 Å². The fraction of sp³-hybridized carbons (Fsp3) is 0.500. The fourth-order valence-corrected chi connectivity index (χ4v) is 1.05. The van der Waals surface area contributed by atoms with Crippen molar-refractivity contribution in [3.63, 3.8) is 0 Å². The van der Waals surface area contributed by atoms with E-state index in [-0.39, 0.29) is 6.10 Å². The minimum Gasteiger partial charge on any atom is -0.387 e. The summed E-state index contributed by atoms with van der Waals surface area (Å²) in [5, 5.41) is 9.30. The highest BCUT2D eigenvalue weighted by atomic mass is 16.5. The Balaban J connectivity index is 2.91. The zero-order chi connectivity index (χ0) is 9.84. The summed E-state index contributed by atoms with van der Waals surface area (Å²) in [5.74, 6) is 0. The lowest BCUT2D eigenvalue weighted by Gasteiger charge is -2.11. The Labute approximate surface area is 78.4 Å². The molecule has 3 heteroatoms. The summed E-state index contributed by atoms with van der Waals surface area (Å²) in [5.41, 5.74) is 1.53. The lowest BCUT2D eigenvalue weighted by atomic mass is 10.2. The van der Waals surface area contributed by atoms with Gasteiger partial charge in [-0.05, 0) is 26.0 Å². The van der Waals surface area contributed by atoms with Crippen molar-refractivity contribution >= 4 is 0 Å². The van der Waals surface area contributed by atoms with E-state index in [0.717, 1.165) is 5.69 Å². The van der Waals surface area contributed by atoms with Gasteiger partial charge in [-0.2, -0.15) is 0 Å². The normalized spacial score (nSPS) is 15.4. The second kappa shape index (κ2) is 4.35. The second-order valence-electron chi connectivity index (χ2n) is 3.04. The number of aliphatic hydroxyl groups is 1. The maximum absolute atomic E-state index is 9.30. The van der Waals surface area contributed by atoms with Crippen LogP contribution >= 0.6 is 0 Å². The molecule has 0 amide bonds. The molecule has 0 unspecified atom stereocenters. The molecule has 0 fully saturated rings. The molecule has 1 heterocycles. The topological polar surface area (TPSA) is 42.4 Å². The van der Waals surface area contributed by atoms with Crippen LogP contribution in [0.1, 0.15) is 37.4 Å². The maximum Gasteiger partial charge on any atom is 0.0962 e. The van der Waals surface area contributed by atoms with Crippen molar-refractivity contribution < 1.29 is 9.84 Å². The monoisotopic (exact) mass is 181 g/mol. The van der Waals surface area contributed by atoms with Gasteiger partial charge in [-0.3, -0.25) is 4.98 Å². The molecule has 0 aliphatic heterocycles. The van der Waals surface area contributed by atoms with E-state index in [4.69, 9.17) is 4.74 Å². The van der Waals surface area contributed by atoms with Crippen molar-refractivity contribution in [1.29, 1.82) is 0 Å². The minimum absolute atomic E-state index is 0.0290. The third-order valence-electron chi connectivity index (χ3n) is 1.99. The van der Waals surface area contributed by atoms with Crippen LogP contribution in [0.15, 0.2) is 18.2 Å². The van der Waals surface area contributed by atoms with Crippen LogP contribution in [-0.2, 0) is 4.74 Å². The van der Waals surface area contributed by atoms with E-state index in [1.54, 1.807) is 20.1 Å². The number of hydrogen-bond donors (Lipinski definition) is 1. The van der Waals surface area contributed by atoms with Crippen LogP contribution in [-0.4, -0.2) is 17.2 Å². The van der Waals surface area contributed by atoms with Crippen LogP contribution in [0.25, 0.3) is 0 Å². The third-order valence-corrected chi connectivity index (χ3v) is 1.99. The number of ether oxygens (including phenoxy) is 1. The second-order valence-corrected chi connectivity index (χ2v) is 3.04. The molecule has 72 valence electrons. The average Bonchev–Trinajstić information content (AvgIpc) is 2.17. The van der Waals surface area contributed by atoms with Gasteiger partial charge in [0.2, 0.25) is 0 Å². The number of aliphatic hydroxyl groups excluding tert-OH is 1. The van der Waals surface area contributed by atoms with Gasteiger partial charge in [-0.25, -0.2) is 0 Å². The number of hydrogen-bond acceptors (Lipinski definition) is 3. The number of nitrogens with zero attached hydrogens (tertiary/aromatic N) is 1. The Bertz CT molecular complexity index is 273. The van der Waals surface area contributed by atoms with Crippen molar-refractivity contribution in [2.45, 2.75) is 26.1 Å². The van der Waals surface area contributed by atoms with E-state index in [0.29, 0.717) is 5.69 Å². The van der Waals surface area contributed by atoms with Gasteiger partial charge in [0.25, 0.3) is 0 Å². The van der Waals surface area contributed by atoms with E-state index >= 15 is 0 Å². The Morgan fingerprint density at radius 2 is 1.92 bits per heavy atom. The van der Waals surface area contributed by atoms with Crippen molar-refractivity contribution in [3.8, 4) is 0 Å². The largest absolute Gasteiger partial charge is 0.387 e. The van der Waals surface area contributed by atoms with Gasteiger partial charge < -0.3 is 9.84 Å². The molecular formula is C10H15NO2. The first-order chi connectivity index (χ1) is 6.15. The van der Waals surface area contributed by atoms with Crippen LogP contribution in [0.5, 0.6) is 0 Å². The molecule has 13 heavy (non-hydrogen) atoms. The summed E-state index contributed by atoms with van der Waals surface area (Å²) in [4.78, 5) is 4.27. The van der Waals surface area contributed by atoms with E-state index in [1.165, 1.54) is 0 Å². The van der Waals surface area contributed by atoms with Crippen molar-refractivity contribution in [3.05, 3.63) is 29.6 Å². The van der Waals surface area contributed by atoms with Crippen molar-refractivity contribution in [1.82, 2.24) is 4.98 Å². The number of aromatic nitrogens is 1. The zero-order valence-electron chi connectivity index (χ0n) is 8.19. The molecule has 0 radical (unpaired) electrons. The highest BCUT2D eigenvalue weighted by molar-refractivity contribution is 5.14. The molecule has 0 aliphatic rings. The Kier molecular flexibility index (Phi) is 3.39. The van der Waals surface area contributed by atoms with Gasteiger partial charge in [0.15, 0.2) is 0 Å². The van der Waals surface area contributed by atoms with E-state index in [1.807, 2.05) is 19.1 Å². The molecule has 2 atom stereocenters. The van der Waals surface area contributed by atoms with Crippen LogP contribution in [0.4, 0.5) is 0 Å². The van der Waals surface area contributed by atoms with Crippen LogP contribution in [0.2, 0.25) is 0 Å². The molecule has 0 saturated carbocycles. The average molecular weight is 181 g/mol. The Morgan fingerprint density at radius 1 is 1.31 bits per heavy atom. The summed E-state index contributed by atoms with van der Waals surface area (Å²) >= 11 is 0. The van der Waals surface area contributed by atoms with E-state index < -0.39 is 6.10 Å². The first-order valence-corrected chi connectivity index (χ1v) is 4.33. The number of methoxy groups -OCH3 is 1. The van der Waals surface area contributed by atoms with Gasteiger partial charge in [-0.1, -0.05) is 6.07 Å². The molecular weight excluding hydrogens is 166 g/mol. The fourth-order valence-electron chi connectivity index (χ4n) is 1.05. The molecule has 1 aromatic rings. The highest BCUT2D eigenvalue weighted by Gasteiger charge is 2.07. The Morgan fingerprint density at radius 3 is 2.46 bits per heavy atom. The molecule has 0 spiro atoms. The third kappa shape index (κ3) is 2.50. The predicted molar refractivity (Wildman–Crippen MR) is 50.3 cm³/mol. The standard InChI is InChI=1S/C10H15NO2/c1-7(12)9-5-4-6-10(11-9)8(2)13-3/h4-8,12H,1-3H3/t7-,8-/m0/s1. The Hall–Kier alpha value is -0.930. The molecule has 0 aromatic carbocycles. The molecule has 1 N–H and O–H groups in total. The lowest BCUT2D eigenvalue weighted by molar-refractivity contribution is 0.115. The van der Waals surface area contributed by atoms with Crippen LogP contribution in [0, 0.1) is 0 Å². The summed E-state index contributed by atoms with van der Waals surface area (Å²) < 4.78 is 5.13. The summed E-state index contributed by atoms with van der Waals surface area (Å²) in [6.07, 6.45) is -0.553. The molecule has 1 rings (SSSR count). The molecule has 0 saturated heterocycles. The van der Waals surface area contributed by atoms with Crippen molar-refractivity contribution in [2.75, 3.05) is 7.11 Å². The van der Waals surface area contributed by atoms with Gasteiger partial charge in [0.1, 0.15) is 0 Å². The quantitative estimate of drug-likeness (QED) is 0.773. The highest BCUT2D eigenvalue weighted by Crippen LogP contribution is 2.16. The van der Waals surface area contributed by atoms with E-state index in [9.17, 15) is 5.11 Å². The van der Waals surface area contributed by atoms with Gasteiger partial charge in [-0.15, -0.1) is 0 Å². The number of pyridine rings is 1. The molecule has 1 aromatic heterocycles. The smallest absolute Gasteiger partial charge is 0.0962 e. The van der Waals surface area contributed by atoms with Gasteiger partial charge in [0, 0.05) is 7.11 Å². The maximum atomic E-state index is 9.30. The molecule has 0 bridgehead atoms. The zero-order valence-corrected chi connectivity index (χ0v) is 8.19.